The summed E-state index contributed by atoms with van der Waals surface area (Å²) in [5.74, 6) is 1.15. The smallest absolute Gasteiger partial charge is 0.188 e. The summed E-state index contributed by atoms with van der Waals surface area (Å²) >= 11 is 0. The zero-order valence-corrected chi connectivity index (χ0v) is 12.8. The van der Waals surface area contributed by atoms with Crippen LogP contribution in [0, 0.1) is 12.3 Å². The van der Waals surface area contributed by atoms with Gasteiger partial charge in [0.25, 0.3) is 0 Å². The maximum atomic E-state index is 5.96. The third-order valence-corrected chi connectivity index (χ3v) is 3.77. The van der Waals surface area contributed by atoms with Crippen LogP contribution in [0.25, 0.3) is 0 Å². The normalized spacial score (nSPS) is 43.7. The molecule has 3 aliphatic rings. The second-order valence-corrected chi connectivity index (χ2v) is 6.42. The van der Waals surface area contributed by atoms with Gasteiger partial charge in [0.2, 0.25) is 0 Å². The SMILES string of the molecule is C#CCO[C@H]1O[C@H]([C@H]2COC(C)(C)O2)[C@@H]2OC(C)(C)O[C@H]12. The average molecular weight is 298 g/mol. The molecule has 0 unspecified atom stereocenters. The van der Waals surface area contributed by atoms with Crippen molar-refractivity contribution in [2.75, 3.05) is 13.2 Å². The molecule has 5 atom stereocenters. The van der Waals surface area contributed by atoms with E-state index >= 15 is 0 Å². The molecule has 3 rings (SSSR count). The number of hydrogen-bond donors (Lipinski definition) is 0. The molecule has 21 heavy (non-hydrogen) atoms. The monoisotopic (exact) mass is 298 g/mol. The van der Waals surface area contributed by atoms with Gasteiger partial charge in [0.1, 0.15) is 31.0 Å². The second kappa shape index (κ2) is 5.20. The number of hydrogen-bond acceptors (Lipinski definition) is 6. The van der Waals surface area contributed by atoms with Crippen molar-refractivity contribution in [2.45, 2.75) is 70.0 Å². The fraction of sp³-hybridized carbons (Fsp3) is 0.867. The minimum Gasteiger partial charge on any atom is -0.348 e. The van der Waals surface area contributed by atoms with Crippen molar-refractivity contribution in [1.29, 1.82) is 0 Å². The fourth-order valence-electron chi connectivity index (χ4n) is 3.03. The highest BCUT2D eigenvalue weighted by molar-refractivity contribution is 5.00. The van der Waals surface area contributed by atoms with Crippen LogP contribution >= 0.6 is 0 Å². The Morgan fingerprint density at radius 3 is 2.38 bits per heavy atom. The van der Waals surface area contributed by atoms with Crippen LogP contribution in [0.2, 0.25) is 0 Å². The number of terminal acetylenes is 1. The molecule has 3 heterocycles. The highest BCUT2D eigenvalue weighted by Crippen LogP contribution is 2.42. The standard InChI is InChI=1S/C15H22O6/c1-6-7-16-13-12-11(20-15(4,5)21-12)10(18-13)9-8-17-14(2,3)19-9/h1,9-13H,7-8H2,2-5H3/t9-,10-,11+,12+,13+/m1/s1. The van der Waals surface area contributed by atoms with Gasteiger partial charge < -0.3 is 28.4 Å². The van der Waals surface area contributed by atoms with E-state index in [2.05, 4.69) is 5.92 Å². The van der Waals surface area contributed by atoms with Gasteiger partial charge in [0, 0.05) is 0 Å². The van der Waals surface area contributed by atoms with Gasteiger partial charge in [-0.05, 0) is 27.7 Å². The largest absolute Gasteiger partial charge is 0.348 e. The van der Waals surface area contributed by atoms with E-state index in [9.17, 15) is 0 Å². The van der Waals surface area contributed by atoms with Gasteiger partial charge in [0.15, 0.2) is 17.9 Å². The third-order valence-electron chi connectivity index (χ3n) is 3.77. The molecule has 0 bridgehead atoms. The van der Waals surface area contributed by atoms with Crippen LogP contribution in [0.5, 0.6) is 0 Å². The van der Waals surface area contributed by atoms with Crippen molar-refractivity contribution in [3.63, 3.8) is 0 Å². The first-order chi connectivity index (χ1) is 9.81. The van der Waals surface area contributed by atoms with Crippen LogP contribution < -0.4 is 0 Å². The molecular formula is C15H22O6. The van der Waals surface area contributed by atoms with Gasteiger partial charge in [-0.1, -0.05) is 5.92 Å². The summed E-state index contributed by atoms with van der Waals surface area (Å²) in [5.41, 5.74) is 0. The maximum absolute atomic E-state index is 5.96. The summed E-state index contributed by atoms with van der Waals surface area (Å²) in [7, 11) is 0. The quantitative estimate of drug-likeness (QED) is 0.726. The first kappa shape index (κ1) is 15.2. The van der Waals surface area contributed by atoms with Gasteiger partial charge in [-0.15, -0.1) is 6.42 Å². The topological polar surface area (TPSA) is 55.4 Å². The van der Waals surface area contributed by atoms with Crippen molar-refractivity contribution in [2.24, 2.45) is 0 Å². The zero-order valence-electron chi connectivity index (χ0n) is 12.8. The minimum absolute atomic E-state index is 0.165. The van der Waals surface area contributed by atoms with Gasteiger partial charge in [-0.25, -0.2) is 0 Å². The summed E-state index contributed by atoms with van der Waals surface area (Å²) in [6.45, 7) is 8.11. The molecular weight excluding hydrogens is 276 g/mol. The fourth-order valence-corrected chi connectivity index (χ4v) is 3.03. The minimum atomic E-state index is -0.676. The first-order valence-corrected chi connectivity index (χ1v) is 7.19. The van der Waals surface area contributed by atoms with E-state index in [1.807, 2.05) is 27.7 Å². The van der Waals surface area contributed by atoms with Gasteiger partial charge in [-0.3, -0.25) is 0 Å². The molecule has 0 radical (unpaired) electrons. The first-order valence-electron chi connectivity index (χ1n) is 7.19. The molecule has 0 aliphatic carbocycles. The molecule has 3 aliphatic heterocycles. The molecule has 3 saturated heterocycles. The Morgan fingerprint density at radius 2 is 1.76 bits per heavy atom. The molecule has 0 spiro atoms. The lowest BCUT2D eigenvalue weighted by molar-refractivity contribution is -0.244. The van der Waals surface area contributed by atoms with E-state index in [4.69, 9.17) is 34.8 Å². The molecule has 0 N–H and O–H groups in total. The Bertz CT molecular complexity index is 440. The summed E-state index contributed by atoms with van der Waals surface area (Å²) in [5, 5.41) is 0. The van der Waals surface area contributed by atoms with E-state index in [1.54, 1.807) is 0 Å². The Hall–Kier alpha value is -0.680. The Kier molecular flexibility index (Phi) is 3.77. The highest BCUT2D eigenvalue weighted by atomic mass is 16.8. The third kappa shape index (κ3) is 2.95. The van der Waals surface area contributed by atoms with Crippen LogP contribution in [-0.4, -0.2) is 55.5 Å². The van der Waals surface area contributed by atoms with Gasteiger partial charge in [-0.2, -0.15) is 0 Å². The van der Waals surface area contributed by atoms with Gasteiger partial charge in [0.05, 0.1) is 6.61 Å². The van der Waals surface area contributed by atoms with Crippen LogP contribution in [0.4, 0.5) is 0 Å². The van der Waals surface area contributed by atoms with Crippen LogP contribution in [0.3, 0.4) is 0 Å². The highest BCUT2D eigenvalue weighted by Gasteiger charge is 2.59. The molecule has 0 aromatic rings. The van der Waals surface area contributed by atoms with E-state index in [0.29, 0.717) is 6.61 Å². The van der Waals surface area contributed by atoms with E-state index < -0.39 is 17.9 Å². The average Bonchev–Trinajstić information content (AvgIpc) is 2.98. The van der Waals surface area contributed by atoms with Crippen molar-refractivity contribution < 1.29 is 28.4 Å². The number of fused-ring (bicyclic) bond motifs is 1. The zero-order chi connectivity index (χ0) is 15.3. The summed E-state index contributed by atoms with van der Waals surface area (Å²) in [6.07, 6.45) is 3.60. The maximum Gasteiger partial charge on any atom is 0.188 e. The Balaban J connectivity index is 1.74. The molecule has 0 saturated carbocycles. The summed E-state index contributed by atoms with van der Waals surface area (Å²) < 4.78 is 34.8. The molecule has 0 amide bonds. The van der Waals surface area contributed by atoms with E-state index in [1.165, 1.54) is 0 Å². The van der Waals surface area contributed by atoms with Crippen LogP contribution in [-0.2, 0) is 28.4 Å². The van der Waals surface area contributed by atoms with E-state index in [0.717, 1.165) is 0 Å². The predicted octanol–water partition coefficient (Wildman–Crippen LogP) is 1.03. The molecule has 0 aromatic carbocycles. The van der Waals surface area contributed by atoms with Crippen molar-refractivity contribution in [1.82, 2.24) is 0 Å². The van der Waals surface area contributed by atoms with Crippen molar-refractivity contribution in [3.05, 3.63) is 0 Å². The lowest BCUT2D eigenvalue weighted by atomic mass is 10.1. The summed E-state index contributed by atoms with van der Waals surface area (Å²) in [4.78, 5) is 0. The van der Waals surface area contributed by atoms with Crippen molar-refractivity contribution in [3.8, 4) is 12.3 Å². The Morgan fingerprint density at radius 1 is 1.05 bits per heavy atom. The second-order valence-electron chi connectivity index (χ2n) is 6.42. The van der Waals surface area contributed by atoms with Crippen LogP contribution in [0.15, 0.2) is 0 Å². The molecule has 118 valence electrons. The molecule has 6 heteroatoms. The molecule has 6 nitrogen and oxygen atoms in total. The van der Waals surface area contributed by atoms with Crippen LogP contribution in [0.1, 0.15) is 27.7 Å². The Labute approximate surface area is 125 Å². The molecule has 3 fully saturated rings. The number of ether oxygens (including phenoxy) is 6. The molecule has 0 aromatic heterocycles. The van der Waals surface area contributed by atoms with Crippen molar-refractivity contribution >= 4 is 0 Å². The summed E-state index contributed by atoms with van der Waals surface area (Å²) in [6, 6.07) is 0. The number of rotatable bonds is 3. The van der Waals surface area contributed by atoms with Gasteiger partial charge >= 0.3 is 0 Å². The van der Waals surface area contributed by atoms with E-state index in [-0.39, 0.29) is 31.0 Å². The lowest BCUT2D eigenvalue weighted by Crippen LogP contribution is -2.40. The predicted molar refractivity (Wildman–Crippen MR) is 72.2 cm³/mol. The lowest BCUT2D eigenvalue weighted by Gasteiger charge is -2.26.